The Kier molecular flexibility index (Phi) is 5.98. The summed E-state index contributed by atoms with van der Waals surface area (Å²) in [4.78, 5) is 22.9. The molecule has 6 heteroatoms. The van der Waals surface area contributed by atoms with Gasteiger partial charge in [-0.25, -0.2) is 4.79 Å². The van der Waals surface area contributed by atoms with Gasteiger partial charge in [-0.1, -0.05) is 18.2 Å². The Balaban J connectivity index is 2.65. The van der Waals surface area contributed by atoms with E-state index in [0.717, 1.165) is 5.56 Å². The zero-order valence-electron chi connectivity index (χ0n) is 10.9. The average Bonchev–Trinajstić information content (AvgIpc) is 2.44. The molecule has 0 aliphatic carbocycles. The molecule has 1 aromatic rings. The molecular weight excluding hydrogens is 250 g/mol. The summed E-state index contributed by atoms with van der Waals surface area (Å²) < 4.78 is 9.35. The summed E-state index contributed by atoms with van der Waals surface area (Å²) in [7, 11) is 2.71. The van der Waals surface area contributed by atoms with Crippen LogP contribution < -0.4 is 5.32 Å². The molecule has 0 heterocycles. The summed E-state index contributed by atoms with van der Waals surface area (Å²) in [5.41, 5.74) is 1.18. The number of ether oxygens (including phenoxy) is 2. The van der Waals surface area contributed by atoms with Gasteiger partial charge in [0.15, 0.2) is 6.10 Å². The highest BCUT2D eigenvalue weighted by Crippen LogP contribution is 2.09. The quantitative estimate of drug-likeness (QED) is 0.714. The predicted octanol–water partition coefficient (Wildman–Crippen LogP) is 0.0967. The second-order valence-corrected chi connectivity index (χ2v) is 3.84. The van der Waals surface area contributed by atoms with Crippen molar-refractivity contribution in [2.24, 2.45) is 0 Å². The van der Waals surface area contributed by atoms with E-state index in [2.05, 4.69) is 10.1 Å². The van der Waals surface area contributed by atoms with E-state index in [-0.39, 0.29) is 12.5 Å². The first kappa shape index (κ1) is 15.1. The summed E-state index contributed by atoms with van der Waals surface area (Å²) in [6.45, 7) is 0.107. The Morgan fingerprint density at radius 3 is 2.63 bits per heavy atom. The molecule has 0 saturated carbocycles. The van der Waals surface area contributed by atoms with Crippen molar-refractivity contribution in [3.63, 3.8) is 0 Å². The van der Waals surface area contributed by atoms with Gasteiger partial charge in [0.2, 0.25) is 0 Å². The molecule has 0 fully saturated rings. The summed E-state index contributed by atoms with van der Waals surface area (Å²) in [6, 6.07) is 6.95. The number of benzene rings is 1. The van der Waals surface area contributed by atoms with E-state index in [4.69, 9.17) is 4.74 Å². The van der Waals surface area contributed by atoms with E-state index in [9.17, 15) is 14.7 Å². The third-order valence-electron chi connectivity index (χ3n) is 2.49. The van der Waals surface area contributed by atoms with E-state index >= 15 is 0 Å². The fourth-order valence-corrected chi connectivity index (χ4v) is 1.53. The third-order valence-corrected chi connectivity index (χ3v) is 2.49. The number of aliphatic hydroxyl groups is 1. The first-order chi connectivity index (χ1) is 9.10. The number of methoxy groups -OCH3 is 2. The second kappa shape index (κ2) is 7.50. The molecular formula is C13H17NO5. The first-order valence-corrected chi connectivity index (χ1v) is 5.71. The van der Waals surface area contributed by atoms with Crippen LogP contribution in [0.3, 0.4) is 0 Å². The fraction of sp³-hybridized carbons (Fsp3) is 0.385. The van der Waals surface area contributed by atoms with E-state index in [0.29, 0.717) is 12.2 Å². The first-order valence-electron chi connectivity index (χ1n) is 5.71. The van der Waals surface area contributed by atoms with Crippen molar-refractivity contribution in [2.45, 2.75) is 12.7 Å². The van der Waals surface area contributed by atoms with Gasteiger partial charge < -0.3 is 19.9 Å². The van der Waals surface area contributed by atoms with Gasteiger partial charge in [0.1, 0.15) is 0 Å². The monoisotopic (exact) mass is 267 g/mol. The van der Waals surface area contributed by atoms with Crippen molar-refractivity contribution < 1.29 is 24.2 Å². The zero-order valence-corrected chi connectivity index (χ0v) is 10.9. The summed E-state index contributed by atoms with van der Waals surface area (Å²) in [6.07, 6.45) is -1.37. The maximum absolute atomic E-state index is 11.9. The van der Waals surface area contributed by atoms with Gasteiger partial charge >= 0.3 is 5.97 Å². The number of nitrogens with one attached hydrogen (secondary N) is 1. The van der Waals surface area contributed by atoms with Crippen LogP contribution in [0.4, 0.5) is 0 Å². The Labute approximate surface area is 111 Å². The minimum Gasteiger partial charge on any atom is -0.467 e. The van der Waals surface area contributed by atoms with Crippen molar-refractivity contribution in [3.05, 3.63) is 35.4 Å². The average molecular weight is 267 g/mol. The van der Waals surface area contributed by atoms with Gasteiger partial charge in [-0.05, 0) is 11.6 Å². The molecule has 0 aromatic heterocycles. The summed E-state index contributed by atoms with van der Waals surface area (Å²) in [5.74, 6) is -1.17. The lowest BCUT2D eigenvalue weighted by Crippen LogP contribution is -2.37. The Morgan fingerprint density at radius 1 is 1.32 bits per heavy atom. The molecule has 1 amide bonds. The lowest BCUT2D eigenvalue weighted by atomic mass is 10.1. The number of hydrogen-bond acceptors (Lipinski definition) is 5. The molecule has 0 saturated heterocycles. The van der Waals surface area contributed by atoms with Crippen LogP contribution in [0.25, 0.3) is 0 Å². The Hall–Kier alpha value is -1.92. The number of rotatable bonds is 6. The number of hydrogen-bond donors (Lipinski definition) is 2. The third kappa shape index (κ3) is 4.35. The fourth-order valence-electron chi connectivity index (χ4n) is 1.53. The van der Waals surface area contributed by atoms with Crippen molar-refractivity contribution >= 4 is 11.9 Å². The van der Waals surface area contributed by atoms with E-state index in [1.54, 1.807) is 24.3 Å². The molecule has 1 rings (SSSR count). The highest BCUT2D eigenvalue weighted by atomic mass is 16.5. The molecule has 6 nitrogen and oxygen atoms in total. The van der Waals surface area contributed by atoms with Gasteiger partial charge in [-0.15, -0.1) is 0 Å². The minimum atomic E-state index is -1.37. The highest BCUT2D eigenvalue weighted by Gasteiger charge is 2.17. The molecule has 0 bridgehead atoms. The minimum absolute atomic E-state index is 0.202. The Morgan fingerprint density at radius 2 is 2.00 bits per heavy atom. The molecule has 1 unspecified atom stereocenters. The molecule has 104 valence electrons. The molecule has 1 aromatic carbocycles. The number of aliphatic hydroxyl groups excluding tert-OH is 1. The van der Waals surface area contributed by atoms with Crippen molar-refractivity contribution in [3.8, 4) is 0 Å². The van der Waals surface area contributed by atoms with Gasteiger partial charge in [-0.2, -0.15) is 0 Å². The van der Waals surface area contributed by atoms with E-state index in [1.807, 2.05) is 0 Å². The maximum Gasteiger partial charge on any atom is 0.336 e. The predicted molar refractivity (Wildman–Crippen MR) is 67.5 cm³/mol. The van der Waals surface area contributed by atoms with Crippen LogP contribution in [-0.2, 0) is 20.9 Å². The van der Waals surface area contributed by atoms with Crippen LogP contribution in [0, 0.1) is 0 Å². The number of amides is 1. The number of esters is 1. The summed E-state index contributed by atoms with van der Waals surface area (Å²) >= 11 is 0. The zero-order chi connectivity index (χ0) is 14.3. The molecule has 0 aliphatic rings. The SMILES string of the molecule is COCc1ccccc1C(=O)NCC(O)C(=O)OC. The van der Waals surface area contributed by atoms with Crippen molar-refractivity contribution in [2.75, 3.05) is 20.8 Å². The van der Waals surface area contributed by atoms with Gasteiger partial charge in [0.05, 0.1) is 20.3 Å². The molecule has 2 N–H and O–H groups in total. The van der Waals surface area contributed by atoms with E-state index < -0.39 is 12.1 Å². The van der Waals surface area contributed by atoms with Crippen LogP contribution in [-0.4, -0.2) is 43.9 Å². The summed E-state index contributed by atoms with van der Waals surface area (Å²) in [5, 5.41) is 11.8. The highest BCUT2D eigenvalue weighted by molar-refractivity contribution is 5.95. The van der Waals surface area contributed by atoms with Crippen LogP contribution in [0.1, 0.15) is 15.9 Å². The smallest absolute Gasteiger partial charge is 0.336 e. The number of carbonyl (C=O) groups is 2. The topological polar surface area (TPSA) is 84.9 Å². The molecule has 19 heavy (non-hydrogen) atoms. The second-order valence-electron chi connectivity index (χ2n) is 3.84. The lowest BCUT2D eigenvalue weighted by Gasteiger charge is -2.12. The largest absolute Gasteiger partial charge is 0.467 e. The van der Waals surface area contributed by atoms with Crippen molar-refractivity contribution in [1.82, 2.24) is 5.32 Å². The van der Waals surface area contributed by atoms with Crippen LogP contribution in [0.2, 0.25) is 0 Å². The van der Waals surface area contributed by atoms with Gasteiger partial charge in [0, 0.05) is 12.7 Å². The molecule has 0 aliphatic heterocycles. The maximum atomic E-state index is 11.9. The molecule has 1 atom stereocenters. The van der Waals surface area contributed by atoms with Crippen molar-refractivity contribution in [1.29, 1.82) is 0 Å². The molecule has 0 spiro atoms. The van der Waals surface area contributed by atoms with Crippen LogP contribution in [0.5, 0.6) is 0 Å². The van der Waals surface area contributed by atoms with E-state index in [1.165, 1.54) is 14.2 Å². The number of carbonyl (C=O) groups excluding carboxylic acids is 2. The standard InChI is InChI=1S/C13H17NO5/c1-18-8-9-5-3-4-6-10(9)12(16)14-7-11(15)13(17)19-2/h3-6,11,15H,7-8H2,1-2H3,(H,14,16). The van der Waals surface area contributed by atoms with Crippen LogP contribution in [0.15, 0.2) is 24.3 Å². The normalized spacial score (nSPS) is 11.7. The molecule has 0 radical (unpaired) electrons. The van der Waals surface area contributed by atoms with Crippen LogP contribution >= 0.6 is 0 Å². The Bertz CT molecular complexity index is 446. The lowest BCUT2D eigenvalue weighted by molar-refractivity contribution is -0.149. The van der Waals surface area contributed by atoms with Gasteiger partial charge in [-0.3, -0.25) is 4.79 Å². The van der Waals surface area contributed by atoms with Gasteiger partial charge in [0.25, 0.3) is 5.91 Å².